The quantitative estimate of drug-likeness (QED) is 0.726. The molecular weight excluding hydrogens is 288 g/mol. The molecule has 0 amide bonds. The van der Waals surface area contributed by atoms with Gasteiger partial charge in [-0.05, 0) is 49.1 Å². The van der Waals surface area contributed by atoms with E-state index in [1.807, 2.05) is 12.3 Å². The van der Waals surface area contributed by atoms with Gasteiger partial charge in [0.15, 0.2) is 0 Å². The predicted octanol–water partition coefficient (Wildman–Crippen LogP) is 2.44. The third kappa shape index (κ3) is 1.83. The average Bonchev–Trinajstić information content (AvgIpc) is 3.24. The molecule has 3 heterocycles. The highest BCUT2D eigenvalue weighted by Crippen LogP contribution is 2.41. The van der Waals surface area contributed by atoms with E-state index in [2.05, 4.69) is 27.6 Å². The molecule has 5 nitrogen and oxygen atoms in total. The van der Waals surface area contributed by atoms with Crippen molar-refractivity contribution in [2.24, 2.45) is 0 Å². The van der Waals surface area contributed by atoms with Crippen molar-refractivity contribution in [1.29, 1.82) is 0 Å². The number of nitrogens with one attached hydrogen (secondary N) is 2. The maximum atomic E-state index is 12.8. The van der Waals surface area contributed by atoms with Crippen molar-refractivity contribution in [3.63, 3.8) is 0 Å². The molecule has 1 fully saturated rings. The fraction of sp³-hybridized carbons (Fsp3) is 0.333. The average molecular weight is 306 g/mol. The highest BCUT2D eigenvalue weighted by Gasteiger charge is 2.34. The smallest absolute Gasteiger partial charge is 0.280 e. The highest BCUT2D eigenvalue weighted by atomic mass is 16.2. The van der Waals surface area contributed by atoms with Gasteiger partial charge in [0.05, 0.1) is 5.52 Å². The Kier molecular flexibility index (Phi) is 2.73. The second kappa shape index (κ2) is 4.80. The Bertz CT molecular complexity index is 893. The van der Waals surface area contributed by atoms with Gasteiger partial charge < -0.3 is 5.32 Å². The topological polar surface area (TPSA) is 62.7 Å². The molecule has 23 heavy (non-hydrogen) atoms. The summed E-state index contributed by atoms with van der Waals surface area (Å²) in [5.74, 6) is 0.520. The highest BCUT2D eigenvalue weighted by molar-refractivity contribution is 6.03. The van der Waals surface area contributed by atoms with Crippen molar-refractivity contribution < 1.29 is 4.79 Å². The SMILES string of the molecule is O=C(c1ccn[nH]1)n1cc2c3c(cccc31)[C@H]1CCCN[C@@H]1C2. The number of carbonyl (C=O) groups is 1. The number of piperidine rings is 1. The number of rotatable bonds is 1. The summed E-state index contributed by atoms with van der Waals surface area (Å²) < 4.78 is 1.78. The van der Waals surface area contributed by atoms with Crippen LogP contribution in [0.5, 0.6) is 0 Å². The number of hydrogen-bond donors (Lipinski definition) is 2. The van der Waals surface area contributed by atoms with Crippen molar-refractivity contribution in [1.82, 2.24) is 20.1 Å². The summed E-state index contributed by atoms with van der Waals surface area (Å²) in [6.45, 7) is 1.10. The minimum atomic E-state index is -0.0475. The van der Waals surface area contributed by atoms with Crippen LogP contribution >= 0.6 is 0 Å². The molecule has 0 unspecified atom stereocenters. The first-order valence-corrected chi connectivity index (χ1v) is 8.23. The molecule has 5 rings (SSSR count). The predicted molar refractivity (Wildman–Crippen MR) is 87.7 cm³/mol. The molecule has 2 aliphatic rings. The van der Waals surface area contributed by atoms with E-state index in [0.717, 1.165) is 18.5 Å². The van der Waals surface area contributed by atoms with Crippen molar-refractivity contribution in [3.8, 4) is 0 Å². The first kappa shape index (κ1) is 13.1. The van der Waals surface area contributed by atoms with Gasteiger partial charge >= 0.3 is 0 Å². The van der Waals surface area contributed by atoms with Crippen LogP contribution in [0.25, 0.3) is 10.9 Å². The molecule has 0 bridgehead atoms. The molecule has 1 aliphatic carbocycles. The first-order chi connectivity index (χ1) is 11.3. The third-order valence-corrected chi connectivity index (χ3v) is 5.31. The van der Waals surface area contributed by atoms with E-state index in [4.69, 9.17) is 0 Å². The fourth-order valence-corrected chi connectivity index (χ4v) is 4.31. The normalized spacial score (nSPS) is 23.0. The van der Waals surface area contributed by atoms with Crippen LogP contribution in [0.15, 0.2) is 36.7 Å². The molecule has 2 N–H and O–H groups in total. The van der Waals surface area contributed by atoms with Crippen LogP contribution in [0.3, 0.4) is 0 Å². The number of nitrogens with zero attached hydrogens (tertiary/aromatic N) is 2. The van der Waals surface area contributed by atoms with E-state index in [1.54, 1.807) is 16.8 Å². The standard InChI is InChI=1S/C18H18N4O/c23-18(14-6-8-20-21-14)22-10-11-9-15-12(4-2-7-19-15)13-3-1-5-16(22)17(11)13/h1,3,5-6,8,10,12,15,19H,2,4,7,9H2,(H,20,21)/t12-,15-/m1/s1. The Morgan fingerprint density at radius 3 is 3.13 bits per heavy atom. The number of benzene rings is 1. The fourth-order valence-electron chi connectivity index (χ4n) is 4.31. The molecule has 0 saturated carbocycles. The van der Waals surface area contributed by atoms with Crippen molar-refractivity contribution in [2.75, 3.05) is 6.54 Å². The molecule has 0 radical (unpaired) electrons. The van der Waals surface area contributed by atoms with Crippen LogP contribution in [0.2, 0.25) is 0 Å². The third-order valence-electron chi connectivity index (χ3n) is 5.31. The Hall–Kier alpha value is -2.40. The summed E-state index contributed by atoms with van der Waals surface area (Å²) in [6, 6.07) is 8.58. The van der Waals surface area contributed by atoms with Crippen molar-refractivity contribution in [3.05, 3.63) is 53.5 Å². The molecule has 1 aliphatic heterocycles. The van der Waals surface area contributed by atoms with E-state index in [-0.39, 0.29) is 5.91 Å². The number of aromatic amines is 1. The van der Waals surface area contributed by atoms with E-state index in [0.29, 0.717) is 17.7 Å². The van der Waals surface area contributed by atoms with Gasteiger partial charge in [-0.1, -0.05) is 12.1 Å². The zero-order valence-corrected chi connectivity index (χ0v) is 12.7. The lowest BCUT2D eigenvalue weighted by Gasteiger charge is -2.36. The summed E-state index contributed by atoms with van der Waals surface area (Å²) in [7, 11) is 0. The summed E-state index contributed by atoms with van der Waals surface area (Å²) in [5.41, 5.74) is 4.21. The minimum absolute atomic E-state index is 0.0475. The van der Waals surface area contributed by atoms with Crippen LogP contribution in [0.1, 0.15) is 40.4 Å². The molecule has 0 spiro atoms. The molecule has 116 valence electrons. The monoisotopic (exact) mass is 306 g/mol. The van der Waals surface area contributed by atoms with Crippen LogP contribution in [0, 0.1) is 0 Å². The van der Waals surface area contributed by atoms with Crippen LogP contribution < -0.4 is 5.32 Å². The Labute approximate surface area is 133 Å². The Balaban J connectivity index is 1.71. The zero-order chi connectivity index (χ0) is 15.4. The minimum Gasteiger partial charge on any atom is -0.313 e. The number of hydrogen-bond acceptors (Lipinski definition) is 3. The second-order valence-electron chi connectivity index (χ2n) is 6.55. The van der Waals surface area contributed by atoms with Gasteiger partial charge in [0.2, 0.25) is 0 Å². The molecule has 2 atom stereocenters. The molecule has 5 heteroatoms. The first-order valence-electron chi connectivity index (χ1n) is 8.23. The Morgan fingerprint density at radius 1 is 1.30 bits per heavy atom. The van der Waals surface area contributed by atoms with Gasteiger partial charge in [0.1, 0.15) is 5.69 Å². The molecular formula is C18H18N4O. The van der Waals surface area contributed by atoms with Gasteiger partial charge in [-0.3, -0.25) is 14.5 Å². The van der Waals surface area contributed by atoms with Crippen LogP contribution in [-0.4, -0.2) is 33.3 Å². The van der Waals surface area contributed by atoms with Gasteiger partial charge in [0, 0.05) is 29.7 Å². The number of carbonyl (C=O) groups excluding carboxylic acids is 1. The van der Waals surface area contributed by atoms with Gasteiger partial charge in [0.25, 0.3) is 5.91 Å². The van der Waals surface area contributed by atoms with Gasteiger partial charge in [-0.25, -0.2) is 0 Å². The van der Waals surface area contributed by atoms with Crippen LogP contribution in [-0.2, 0) is 6.42 Å². The lowest BCUT2D eigenvalue weighted by atomic mass is 9.76. The zero-order valence-electron chi connectivity index (χ0n) is 12.7. The van der Waals surface area contributed by atoms with Gasteiger partial charge in [-0.2, -0.15) is 5.10 Å². The maximum absolute atomic E-state index is 12.8. The molecule has 1 aromatic carbocycles. The van der Waals surface area contributed by atoms with Crippen LogP contribution in [0.4, 0.5) is 0 Å². The number of H-pyrrole nitrogens is 1. The van der Waals surface area contributed by atoms with Gasteiger partial charge in [-0.15, -0.1) is 0 Å². The Morgan fingerprint density at radius 2 is 2.26 bits per heavy atom. The molecule has 2 aromatic heterocycles. The molecule has 1 saturated heterocycles. The van der Waals surface area contributed by atoms with Crippen molar-refractivity contribution >= 4 is 16.8 Å². The largest absolute Gasteiger partial charge is 0.313 e. The van der Waals surface area contributed by atoms with Crippen molar-refractivity contribution in [2.45, 2.75) is 31.2 Å². The number of aromatic nitrogens is 3. The lowest BCUT2D eigenvalue weighted by molar-refractivity contribution is 0.0960. The number of fused-ring (bicyclic) bond motifs is 2. The lowest BCUT2D eigenvalue weighted by Crippen LogP contribution is -2.43. The maximum Gasteiger partial charge on any atom is 0.280 e. The van der Waals surface area contributed by atoms with E-state index in [9.17, 15) is 4.79 Å². The van der Waals surface area contributed by atoms with E-state index < -0.39 is 0 Å². The summed E-state index contributed by atoms with van der Waals surface area (Å²) >= 11 is 0. The molecule has 3 aromatic rings. The summed E-state index contributed by atoms with van der Waals surface area (Å²) in [6.07, 6.45) is 7.09. The van der Waals surface area contributed by atoms with E-state index >= 15 is 0 Å². The van der Waals surface area contributed by atoms with E-state index in [1.165, 1.54) is 29.4 Å². The second-order valence-corrected chi connectivity index (χ2v) is 6.55. The summed E-state index contributed by atoms with van der Waals surface area (Å²) in [4.78, 5) is 12.8. The summed E-state index contributed by atoms with van der Waals surface area (Å²) in [5, 5.41) is 11.6.